The lowest BCUT2D eigenvalue weighted by atomic mass is 9.97. The molecule has 2 heteroatoms. The summed E-state index contributed by atoms with van der Waals surface area (Å²) in [4.78, 5) is 0. The zero-order valence-electron chi connectivity index (χ0n) is 8.18. The van der Waals surface area contributed by atoms with Gasteiger partial charge in [0.2, 0.25) is 0 Å². The van der Waals surface area contributed by atoms with Gasteiger partial charge in [0, 0.05) is 6.04 Å². The average Bonchev–Trinajstić information content (AvgIpc) is 2.05. The van der Waals surface area contributed by atoms with Crippen molar-refractivity contribution in [2.24, 2.45) is 5.92 Å². The van der Waals surface area contributed by atoms with Crippen molar-refractivity contribution in [1.82, 2.24) is 5.32 Å². The standard InChI is InChI=1S/C9H21NS/c1-5-8(2)9(10-3)6-7-11-4/h8-10H,5-7H2,1-4H3. The molecule has 0 aromatic heterocycles. The first-order valence-corrected chi connectivity index (χ1v) is 5.81. The second-order valence-corrected chi connectivity index (χ2v) is 4.05. The monoisotopic (exact) mass is 175 g/mol. The van der Waals surface area contributed by atoms with Gasteiger partial charge in [0.1, 0.15) is 0 Å². The van der Waals surface area contributed by atoms with Gasteiger partial charge in [0.05, 0.1) is 0 Å². The predicted octanol–water partition coefficient (Wildman–Crippen LogP) is 2.37. The van der Waals surface area contributed by atoms with Gasteiger partial charge < -0.3 is 5.32 Å². The maximum atomic E-state index is 3.37. The van der Waals surface area contributed by atoms with Crippen molar-refractivity contribution in [2.75, 3.05) is 19.1 Å². The van der Waals surface area contributed by atoms with Crippen molar-refractivity contribution in [1.29, 1.82) is 0 Å². The van der Waals surface area contributed by atoms with E-state index < -0.39 is 0 Å². The second-order valence-electron chi connectivity index (χ2n) is 3.06. The van der Waals surface area contributed by atoms with Crippen molar-refractivity contribution in [2.45, 2.75) is 32.7 Å². The van der Waals surface area contributed by atoms with Gasteiger partial charge in [-0.2, -0.15) is 11.8 Å². The van der Waals surface area contributed by atoms with Crippen LogP contribution in [0.25, 0.3) is 0 Å². The zero-order valence-corrected chi connectivity index (χ0v) is 9.00. The van der Waals surface area contributed by atoms with Gasteiger partial charge in [-0.15, -0.1) is 0 Å². The molecular formula is C9H21NS. The molecule has 0 fully saturated rings. The molecule has 11 heavy (non-hydrogen) atoms. The molecule has 0 bridgehead atoms. The summed E-state index contributed by atoms with van der Waals surface area (Å²) in [6.45, 7) is 4.58. The maximum Gasteiger partial charge on any atom is 0.00974 e. The van der Waals surface area contributed by atoms with Crippen LogP contribution in [-0.2, 0) is 0 Å². The van der Waals surface area contributed by atoms with Gasteiger partial charge in [0.25, 0.3) is 0 Å². The topological polar surface area (TPSA) is 12.0 Å². The van der Waals surface area contributed by atoms with Crippen molar-refractivity contribution in [3.05, 3.63) is 0 Å². The SMILES string of the molecule is CCC(C)C(CCSC)NC. The summed E-state index contributed by atoms with van der Waals surface area (Å²) in [7, 11) is 2.07. The van der Waals surface area contributed by atoms with Crippen LogP contribution in [0.3, 0.4) is 0 Å². The molecule has 0 rings (SSSR count). The minimum absolute atomic E-state index is 0.715. The Morgan fingerprint density at radius 2 is 2.09 bits per heavy atom. The Balaban J connectivity index is 3.56. The first-order chi connectivity index (χ1) is 5.26. The van der Waals surface area contributed by atoms with E-state index in [-0.39, 0.29) is 0 Å². The summed E-state index contributed by atoms with van der Waals surface area (Å²) in [6.07, 6.45) is 4.75. The second kappa shape index (κ2) is 6.99. The van der Waals surface area contributed by atoms with Crippen molar-refractivity contribution < 1.29 is 0 Å². The van der Waals surface area contributed by atoms with E-state index in [9.17, 15) is 0 Å². The number of nitrogens with one attached hydrogen (secondary N) is 1. The molecule has 0 amide bonds. The van der Waals surface area contributed by atoms with Crippen LogP contribution >= 0.6 is 11.8 Å². The van der Waals surface area contributed by atoms with E-state index in [4.69, 9.17) is 0 Å². The lowest BCUT2D eigenvalue weighted by molar-refractivity contribution is 0.381. The minimum atomic E-state index is 0.715. The summed E-state index contributed by atoms with van der Waals surface area (Å²) in [6, 6.07) is 0.715. The molecular weight excluding hydrogens is 154 g/mol. The van der Waals surface area contributed by atoms with Gasteiger partial charge in [-0.05, 0) is 31.4 Å². The Morgan fingerprint density at radius 3 is 2.45 bits per heavy atom. The Morgan fingerprint density at radius 1 is 1.45 bits per heavy atom. The van der Waals surface area contributed by atoms with Crippen LogP contribution in [0.15, 0.2) is 0 Å². The Hall–Kier alpha value is 0.310. The summed E-state index contributed by atoms with van der Waals surface area (Å²) in [5.74, 6) is 2.09. The maximum absolute atomic E-state index is 3.37. The van der Waals surface area contributed by atoms with Gasteiger partial charge >= 0.3 is 0 Å². The normalized spacial score (nSPS) is 16.4. The van der Waals surface area contributed by atoms with Crippen LogP contribution < -0.4 is 5.32 Å². The van der Waals surface area contributed by atoms with E-state index in [1.807, 2.05) is 11.8 Å². The fourth-order valence-corrected chi connectivity index (χ4v) is 1.73. The molecule has 0 aromatic carbocycles. The molecule has 0 aliphatic carbocycles. The molecule has 0 aliphatic heterocycles. The third-order valence-corrected chi connectivity index (χ3v) is 2.98. The van der Waals surface area contributed by atoms with Gasteiger partial charge in [-0.3, -0.25) is 0 Å². The first kappa shape index (κ1) is 11.3. The largest absolute Gasteiger partial charge is 0.317 e. The Bertz CT molecular complexity index is 85.6. The summed E-state index contributed by atoms with van der Waals surface area (Å²) >= 11 is 1.93. The highest BCUT2D eigenvalue weighted by molar-refractivity contribution is 7.98. The van der Waals surface area contributed by atoms with Crippen LogP contribution in [0.5, 0.6) is 0 Å². The zero-order chi connectivity index (χ0) is 8.69. The van der Waals surface area contributed by atoms with Gasteiger partial charge in [-0.1, -0.05) is 20.3 Å². The molecule has 1 N–H and O–H groups in total. The van der Waals surface area contributed by atoms with Crippen molar-refractivity contribution in [3.63, 3.8) is 0 Å². The number of hydrogen-bond acceptors (Lipinski definition) is 2. The van der Waals surface area contributed by atoms with Crippen LogP contribution in [0.1, 0.15) is 26.7 Å². The van der Waals surface area contributed by atoms with Crippen LogP contribution in [0.2, 0.25) is 0 Å². The molecule has 0 spiro atoms. The Labute approximate surface area is 75.3 Å². The molecule has 68 valence electrons. The first-order valence-electron chi connectivity index (χ1n) is 4.42. The summed E-state index contributed by atoms with van der Waals surface area (Å²) in [5, 5.41) is 3.37. The fraction of sp³-hybridized carbons (Fsp3) is 1.00. The Kier molecular flexibility index (Phi) is 7.18. The number of thioether (sulfide) groups is 1. The number of rotatable bonds is 6. The van der Waals surface area contributed by atoms with E-state index in [0.29, 0.717) is 6.04 Å². The summed E-state index contributed by atoms with van der Waals surface area (Å²) < 4.78 is 0. The highest BCUT2D eigenvalue weighted by atomic mass is 32.2. The van der Waals surface area contributed by atoms with Gasteiger partial charge in [0.15, 0.2) is 0 Å². The molecule has 0 aromatic rings. The number of hydrogen-bond donors (Lipinski definition) is 1. The lowest BCUT2D eigenvalue weighted by Crippen LogP contribution is -2.32. The predicted molar refractivity (Wildman–Crippen MR) is 55.3 cm³/mol. The fourth-order valence-electron chi connectivity index (χ4n) is 1.24. The van der Waals surface area contributed by atoms with E-state index in [0.717, 1.165) is 5.92 Å². The van der Waals surface area contributed by atoms with E-state index in [1.54, 1.807) is 0 Å². The lowest BCUT2D eigenvalue weighted by Gasteiger charge is -2.21. The summed E-state index contributed by atoms with van der Waals surface area (Å²) in [5.41, 5.74) is 0. The van der Waals surface area contributed by atoms with Crippen LogP contribution in [0, 0.1) is 5.92 Å². The van der Waals surface area contributed by atoms with Crippen molar-refractivity contribution in [3.8, 4) is 0 Å². The van der Waals surface area contributed by atoms with Gasteiger partial charge in [-0.25, -0.2) is 0 Å². The molecule has 0 saturated heterocycles. The highest BCUT2D eigenvalue weighted by Crippen LogP contribution is 2.12. The third kappa shape index (κ3) is 4.70. The molecule has 1 nitrogen and oxygen atoms in total. The average molecular weight is 175 g/mol. The third-order valence-electron chi connectivity index (χ3n) is 2.33. The molecule has 0 aliphatic rings. The van der Waals surface area contributed by atoms with Crippen LogP contribution in [0.4, 0.5) is 0 Å². The molecule has 2 unspecified atom stereocenters. The van der Waals surface area contributed by atoms with Crippen LogP contribution in [-0.4, -0.2) is 25.1 Å². The highest BCUT2D eigenvalue weighted by Gasteiger charge is 2.11. The molecule has 2 atom stereocenters. The van der Waals surface area contributed by atoms with E-state index in [2.05, 4.69) is 32.5 Å². The molecule has 0 saturated carbocycles. The quantitative estimate of drug-likeness (QED) is 0.665. The minimum Gasteiger partial charge on any atom is -0.317 e. The van der Waals surface area contributed by atoms with E-state index in [1.165, 1.54) is 18.6 Å². The van der Waals surface area contributed by atoms with E-state index >= 15 is 0 Å². The smallest absolute Gasteiger partial charge is 0.00974 e. The van der Waals surface area contributed by atoms with Crippen molar-refractivity contribution >= 4 is 11.8 Å². The molecule has 0 heterocycles. The molecule has 0 radical (unpaired) electrons.